The molecule has 0 aromatic heterocycles. The Labute approximate surface area is 130 Å². The van der Waals surface area contributed by atoms with Gasteiger partial charge in [-0.05, 0) is 38.5 Å². The van der Waals surface area contributed by atoms with Gasteiger partial charge in [0.05, 0.1) is 26.7 Å². The second-order valence-corrected chi connectivity index (χ2v) is 7.10. The van der Waals surface area contributed by atoms with Crippen molar-refractivity contribution >= 4 is 15.9 Å². The summed E-state index contributed by atoms with van der Waals surface area (Å²) in [5.41, 5.74) is 0. The summed E-state index contributed by atoms with van der Waals surface area (Å²) >= 11 is 3.56. The number of rotatable bonds is 14. The predicted molar refractivity (Wildman–Crippen MR) is 92.1 cm³/mol. The first-order valence-electron chi connectivity index (χ1n) is 8.58. The van der Waals surface area contributed by atoms with Crippen LogP contribution in [-0.2, 0) is 0 Å². The number of quaternary nitrogens is 1. The van der Waals surface area contributed by atoms with E-state index >= 15 is 0 Å². The molecule has 0 aromatic rings. The largest absolute Gasteiger partial charge is 0.326 e. The van der Waals surface area contributed by atoms with E-state index in [0.717, 1.165) is 0 Å². The fourth-order valence-corrected chi connectivity index (χ4v) is 3.16. The molecule has 0 aromatic carbocycles. The van der Waals surface area contributed by atoms with Gasteiger partial charge < -0.3 is 4.48 Å². The summed E-state index contributed by atoms with van der Waals surface area (Å²) in [6.07, 6.45) is 13.9. The minimum Gasteiger partial charge on any atom is -0.326 e. The molecular weight excluding hydrogens is 298 g/mol. The Balaban J connectivity index is 3.96. The van der Waals surface area contributed by atoms with E-state index in [4.69, 9.17) is 0 Å². The fraction of sp³-hybridized carbons (Fsp3) is 1.00. The van der Waals surface area contributed by atoms with Gasteiger partial charge in [0.2, 0.25) is 0 Å². The Bertz CT molecular complexity index is 170. The summed E-state index contributed by atoms with van der Waals surface area (Å²) in [5.74, 6) is 0. The molecule has 0 atom stereocenters. The molecule has 0 radical (unpaired) electrons. The molecule has 0 aliphatic rings. The molecule has 0 rings (SSSR count). The standard InChI is InChI=1S/C17H37BrN/c1-4-6-8-11-15-19(3,17-13-10-14-18)16-12-9-7-5-2/h4-17H2,1-3H3/q+1. The molecule has 0 amide bonds. The van der Waals surface area contributed by atoms with E-state index in [1.54, 1.807) is 0 Å². The van der Waals surface area contributed by atoms with E-state index in [9.17, 15) is 0 Å². The average molecular weight is 335 g/mol. The maximum absolute atomic E-state index is 3.56. The summed E-state index contributed by atoms with van der Waals surface area (Å²) in [6, 6.07) is 0. The van der Waals surface area contributed by atoms with Crippen molar-refractivity contribution in [2.45, 2.75) is 78.1 Å². The minimum absolute atomic E-state index is 1.17. The monoisotopic (exact) mass is 334 g/mol. The van der Waals surface area contributed by atoms with Gasteiger partial charge in [-0.2, -0.15) is 0 Å². The Hall–Kier alpha value is 0.440. The first-order chi connectivity index (χ1) is 9.18. The lowest BCUT2D eigenvalue weighted by Gasteiger charge is -2.35. The lowest BCUT2D eigenvalue weighted by atomic mass is 10.1. The number of unbranched alkanes of at least 4 members (excludes halogenated alkanes) is 7. The van der Waals surface area contributed by atoms with Gasteiger partial charge in [0.15, 0.2) is 0 Å². The third kappa shape index (κ3) is 11.9. The van der Waals surface area contributed by atoms with Crippen LogP contribution in [0, 0.1) is 0 Å². The zero-order valence-corrected chi connectivity index (χ0v) is 15.3. The lowest BCUT2D eigenvalue weighted by molar-refractivity contribution is -0.910. The quantitative estimate of drug-likeness (QED) is 0.215. The van der Waals surface area contributed by atoms with Gasteiger partial charge in [-0.1, -0.05) is 55.5 Å². The summed E-state index contributed by atoms with van der Waals surface area (Å²) in [7, 11) is 2.49. The SMILES string of the molecule is CCCCCC[N+](C)(CCCCBr)CCCCCC. The Morgan fingerprint density at radius 1 is 0.632 bits per heavy atom. The molecule has 0 spiro atoms. The van der Waals surface area contributed by atoms with Crippen LogP contribution in [0.2, 0.25) is 0 Å². The van der Waals surface area contributed by atoms with Crippen molar-refractivity contribution in [3.05, 3.63) is 0 Å². The highest BCUT2D eigenvalue weighted by Gasteiger charge is 2.19. The van der Waals surface area contributed by atoms with E-state index in [1.165, 1.54) is 93.7 Å². The maximum atomic E-state index is 3.56. The van der Waals surface area contributed by atoms with Gasteiger partial charge in [-0.3, -0.25) is 0 Å². The van der Waals surface area contributed by atoms with Crippen LogP contribution in [-0.4, -0.2) is 36.5 Å². The molecule has 116 valence electrons. The molecule has 0 heterocycles. The molecule has 0 aliphatic carbocycles. The minimum atomic E-state index is 1.17. The maximum Gasteiger partial charge on any atom is 0.0784 e. The van der Waals surface area contributed by atoms with Crippen LogP contribution in [0.15, 0.2) is 0 Å². The zero-order chi connectivity index (χ0) is 14.4. The smallest absolute Gasteiger partial charge is 0.0784 e. The summed E-state index contributed by atoms with van der Waals surface area (Å²) < 4.78 is 1.32. The van der Waals surface area contributed by atoms with E-state index < -0.39 is 0 Å². The third-order valence-electron chi connectivity index (χ3n) is 4.18. The molecule has 1 nitrogen and oxygen atoms in total. The van der Waals surface area contributed by atoms with Crippen LogP contribution >= 0.6 is 15.9 Å². The highest BCUT2D eigenvalue weighted by atomic mass is 79.9. The summed E-state index contributed by atoms with van der Waals surface area (Å²) in [5, 5.41) is 1.17. The predicted octanol–water partition coefficient (Wildman–Crippen LogP) is 5.77. The first kappa shape index (κ1) is 19.4. The summed E-state index contributed by atoms with van der Waals surface area (Å²) in [6.45, 7) is 8.77. The van der Waals surface area contributed by atoms with Gasteiger partial charge in [0.25, 0.3) is 0 Å². The zero-order valence-electron chi connectivity index (χ0n) is 13.7. The van der Waals surface area contributed by atoms with Crippen molar-refractivity contribution in [1.82, 2.24) is 0 Å². The van der Waals surface area contributed by atoms with Crippen molar-refractivity contribution in [2.75, 3.05) is 32.0 Å². The van der Waals surface area contributed by atoms with Gasteiger partial charge in [-0.25, -0.2) is 0 Å². The molecule has 0 fully saturated rings. The Morgan fingerprint density at radius 3 is 1.42 bits per heavy atom. The highest BCUT2D eigenvalue weighted by molar-refractivity contribution is 9.09. The van der Waals surface area contributed by atoms with Crippen molar-refractivity contribution in [3.63, 3.8) is 0 Å². The number of hydrogen-bond acceptors (Lipinski definition) is 0. The van der Waals surface area contributed by atoms with E-state index in [-0.39, 0.29) is 0 Å². The van der Waals surface area contributed by atoms with Crippen LogP contribution in [0.4, 0.5) is 0 Å². The van der Waals surface area contributed by atoms with Crippen molar-refractivity contribution in [2.24, 2.45) is 0 Å². The number of halogens is 1. The molecule has 0 saturated heterocycles. The molecule has 0 bridgehead atoms. The van der Waals surface area contributed by atoms with Crippen LogP contribution in [0.5, 0.6) is 0 Å². The van der Waals surface area contributed by atoms with Gasteiger partial charge >= 0.3 is 0 Å². The Kier molecular flexibility index (Phi) is 13.7. The molecule has 0 unspecified atom stereocenters. The molecule has 0 saturated carbocycles. The third-order valence-corrected chi connectivity index (χ3v) is 4.75. The van der Waals surface area contributed by atoms with Gasteiger partial charge in [0.1, 0.15) is 0 Å². The van der Waals surface area contributed by atoms with Crippen LogP contribution in [0.1, 0.15) is 78.1 Å². The lowest BCUT2D eigenvalue weighted by Crippen LogP contribution is -2.46. The van der Waals surface area contributed by atoms with Gasteiger partial charge in [-0.15, -0.1) is 0 Å². The van der Waals surface area contributed by atoms with Crippen LogP contribution in [0.25, 0.3) is 0 Å². The number of alkyl halides is 1. The van der Waals surface area contributed by atoms with Crippen LogP contribution in [0.3, 0.4) is 0 Å². The van der Waals surface area contributed by atoms with E-state index in [2.05, 4.69) is 36.8 Å². The number of hydrogen-bond donors (Lipinski definition) is 0. The molecule has 0 N–H and O–H groups in total. The van der Waals surface area contributed by atoms with E-state index in [1.807, 2.05) is 0 Å². The first-order valence-corrected chi connectivity index (χ1v) is 9.70. The average Bonchev–Trinajstić information content (AvgIpc) is 2.41. The summed E-state index contributed by atoms with van der Waals surface area (Å²) in [4.78, 5) is 0. The topological polar surface area (TPSA) is 0 Å². The second-order valence-electron chi connectivity index (χ2n) is 6.31. The van der Waals surface area contributed by atoms with Gasteiger partial charge in [0, 0.05) is 5.33 Å². The normalized spacial score (nSPS) is 12.0. The van der Waals surface area contributed by atoms with Crippen molar-refractivity contribution < 1.29 is 4.48 Å². The van der Waals surface area contributed by atoms with E-state index in [0.29, 0.717) is 0 Å². The molecule has 0 aliphatic heterocycles. The van der Waals surface area contributed by atoms with Crippen molar-refractivity contribution in [1.29, 1.82) is 0 Å². The highest BCUT2D eigenvalue weighted by Crippen LogP contribution is 2.14. The van der Waals surface area contributed by atoms with Crippen molar-refractivity contribution in [3.8, 4) is 0 Å². The number of nitrogens with zero attached hydrogens (tertiary/aromatic N) is 1. The second kappa shape index (κ2) is 13.4. The van der Waals surface area contributed by atoms with Crippen LogP contribution < -0.4 is 0 Å². The fourth-order valence-electron chi connectivity index (χ4n) is 2.76. The Morgan fingerprint density at radius 2 is 1.05 bits per heavy atom. The molecular formula is C17H37BrN+. The molecule has 19 heavy (non-hydrogen) atoms. The molecule has 2 heteroatoms.